The first kappa shape index (κ1) is 24.7. The SMILES string of the molecule is COCC1=C2[C@@H](CC/C(=C/c3ccc(O)c4ccccc34)c3ccccn3)OB(O)C[C@@H]2S(=O)(=O)C1. The van der Waals surface area contributed by atoms with Gasteiger partial charge in [0.1, 0.15) is 5.75 Å². The van der Waals surface area contributed by atoms with E-state index in [0.29, 0.717) is 12.8 Å². The minimum Gasteiger partial charge on any atom is -0.507 e. The van der Waals surface area contributed by atoms with Crippen molar-refractivity contribution in [3.05, 3.63) is 83.2 Å². The average Bonchev–Trinajstić information content (AvgIpc) is 3.13. The second kappa shape index (κ2) is 10.2. The number of aromatic hydroxyl groups is 1. The first-order chi connectivity index (χ1) is 17.4. The van der Waals surface area contributed by atoms with Gasteiger partial charge >= 0.3 is 7.12 Å². The van der Waals surface area contributed by atoms with Crippen molar-refractivity contribution in [2.24, 2.45) is 0 Å². The van der Waals surface area contributed by atoms with Gasteiger partial charge in [-0.25, -0.2) is 8.42 Å². The smallest absolute Gasteiger partial charge is 0.456 e. The number of sulfone groups is 1. The maximum absolute atomic E-state index is 12.8. The molecule has 2 N–H and O–H groups in total. The highest BCUT2D eigenvalue weighted by Gasteiger charge is 2.48. The molecule has 2 atom stereocenters. The molecule has 0 spiro atoms. The van der Waals surface area contributed by atoms with Crippen molar-refractivity contribution in [3.8, 4) is 5.75 Å². The van der Waals surface area contributed by atoms with Gasteiger partial charge in [0.2, 0.25) is 0 Å². The number of allylic oxidation sites excluding steroid dienone is 1. The van der Waals surface area contributed by atoms with Crippen LogP contribution in [0.15, 0.2) is 71.9 Å². The molecule has 0 saturated carbocycles. The Balaban J connectivity index is 1.51. The van der Waals surface area contributed by atoms with Crippen molar-refractivity contribution in [2.45, 2.75) is 30.5 Å². The number of aromatic nitrogens is 1. The van der Waals surface area contributed by atoms with Gasteiger partial charge in [0, 0.05) is 25.0 Å². The summed E-state index contributed by atoms with van der Waals surface area (Å²) in [7, 11) is -2.99. The van der Waals surface area contributed by atoms with Crippen LogP contribution in [-0.2, 0) is 19.2 Å². The van der Waals surface area contributed by atoms with Crippen LogP contribution in [0.2, 0.25) is 6.32 Å². The summed E-state index contributed by atoms with van der Waals surface area (Å²) in [6.07, 6.45) is 4.31. The maximum atomic E-state index is 12.8. The number of hydrogen-bond donors (Lipinski definition) is 2. The van der Waals surface area contributed by atoms with E-state index < -0.39 is 28.3 Å². The Hall–Kier alpha value is -2.98. The highest BCUT2D eigenvalue weighted by Crippen LogP contribution is 2.40. The third-order valence-electron chi connectivity index (χ3n) is 6.90. The van der Waals surface area contributed by atoms with Crippen molar-refractivity contribution < 1.29 is 27.9 Å². The number of phenols is 1. The molecule has 2 aliphatic rings. The molecule has 0 unspecified atom stereocenters. The van der Waals surface area contributed by atoms with E-state index in [1.54, 1.807) is 19.4 Å². The number of pyridine rings is 1. The van der Waals surface area contributed by atoms with Gasteiger partial charge in [-0.05, 0) is 64.8 Å². The molecule has 36 heavy (non-hydrogen) atoms. The Labute approximate surface area is 211 Å². The number of benzene rings is 2. The molecular formula is C27H28BNO6S. The fourth-order valence-electron chi connectivity index (χ4n) is 5.31. The summed E-state index contributed by atoms with van der Waals surface area (Å²) in [5, 5.41) is 21.6. The number of methoxy groups -OCH3 is 1. The first-order valence-electron chi connectivity index (χ1n) is 12.0. The third-order valence-corrected chi connectivity index (χ3v) is 8.97. The van der Waals surface area contributed by atoms with Gasteiger partial charge in [0.05, 0.1) is 29.4 Å². The predicted molar refractivity (Wildman–Crippen MR) is 141 cm³/mol. The average molecular weight is 505 g/mol. The summed E-state index contributed by atoms with van der Waals surface area (Å²) in [5.74, 6) is 0.161. The van der Waals surface area contributed by atoms with Gasteiger partial charge in [-0.1, -0.05) is 36.4 Å². The maximum Gasteiger partial charge on any atom is 0.456 e. The quantitative estimate of drug-likeness (QED) is 0.371. The number of phenolic OH excluding ortho intramolecular Hbond substituents is 1. The van der Waals surface area contributed by atoms with Crippen molar-refractivity contribution in [3.63, 3.8) is 0 Å². The summed E-state index contributed by atoms with van der Waals surface area (Å²) in [6.45, 7) is 0.226. The second-order valence-corrected chi connectivity index (χ2v) is 11.4. The largest absolute Gasteiger partial charge is 0.507 e. The van der Waals surface area contributed by atoms with Gasteiger partial charge in [-0.2, -0.15) is 0 Å². The molecule has 3 heterocycles. The minimum absolute atomic E-state index is 0.0455. The van der Waals surface area contributed by atoms with Gasteiger partial charge in [-0.3, -0.25) is 4.98 Å². The van der Waals surface area contributed by atoms with Crippen molar-refractivity contribution in [1.82, 2.24) is 4.98 Å². The molecule has 1 saturated heterocycles. The van der Waals surface area contributed by atoms with Crippen molar-refractivity contribution in [2.75, 3.05) is 19.5 Å². The summed E-state index contributed by atoms with van der Waals surface area (Å²) < 4.78 is 36.8. The zero-order valence-electron chi connectivity index (χ0n) is 20.0. The van der Waals surface area contributed by atoms with Crippen LogP contribution in [0.25, 0.3) is 22.4 Å². The molecule has 5 rings (SSSR count). The number of fused-ring (bicyclic) bond motifs is 2. The fraction of sp³-hybridized carbons (Fsp3) is 0.296. The summed E-state index contributed by atoms with van der Waals surface area (Å²) in [5.41, 5.74) is 4.15. The molecular weight excluding hydrogens is 477 g/mol. The van der Waals surface area contributed by atoms with Gasteiger partial charge in [0.25, 0.3) is 0 Å². The lowest BCUT2D eigenvalue weighted by molar-refractivity contribution is 0.167. The normalized spacial score (nSPS) is 21.7. The minimum atomic E-state index is -3.40. The third kappa shape index (κ3) is 4.84. The van der Waals surface area contributed by atoms with Gasteiger partial charge < -0.3 is 19.5 Å². The lowest BCUT2D eigenvalue weighted by Gasteiger charge is -2.32. The van der Waals surface area contributed by atoms with Crippen LogP contribution in [0.1, 0.15) is 24.1 Å². The van der Waals surface area contributed by atoms with E-state index in [0.717, 1.165) is 38.7 Å². The number of hydrogen-bond acceptors (Lipinski definition) is 7. The molecule has 9 heteroatoms. The lowest BCUT2D eigenvalue weighted by Crippen LogP contribution is -2.42. The highest BCUT2D eigenvalue weighted by molar-refractivity contribution is 7.92. The molecule has 2 aromatic carbocycles. The number of nitrogens with zero attached hydrogens (tertiary/aromatic N) is 1. The Morgan fingerprint density at radius 2 is 1.94 bits per heavy atom. The van der Waals surface area contributed by atoms with E-state index in [1.165, 1.54) is 0 Å². The van der Waals surface area contributed by atoms with Crippen LogP contribution < -0.4 is 0 Å². The van der Waals surface area contributed by atoms with Gasteiger partial charge in [0.15, 0.2) is 9.84 Å². The number of ether oxygens (including phenoxy) is 1. The molecule has 2 aliphatic heterocycles. The van der Waals surface area contributed by atoms with Crippen LogP contribution in [0.4, 0.5) is 0 Å². The van der Waals surface area contributed by atoms with E-state index in [-0.39, 0.29) is 24.4 Å². The van der Waals surface area contributed by atoms with Crippen LogP contribution in [-0.4, -0.2) is 61.5 Å². The molecule has 0 radical (unpaired) electrons. The lowest BCUT2D eigenvalue weighted by atomic mass is 9.74. The van der Waals surface area contributed by atoms with Crippen LogP contribution in [0.5, 0.6) is 5.75 Å². The fourth-order valence-corrected chi connectivity index (χ4v) is 7.41. The Bertz CT molecular complexity index is 1440. The summed E-state index contributed by atoms with van der Waals surface area (Å²) in [6, 6.07) is 16.9. The molecule has 7 nitrogen and oxygen atoms in total. The predicted octanol–water partition coefficient (Wildman–Crippen LogP) is 3.88. The second-order valence-electron chi connectivity index (χ2n) is 9.25. The molecule has 0 amide bonds. The molecule has 3 aromatic rings. The monoisotopic (exact) mass is 505 g/mol. The van der Waals surface area contributed by atoms with Crippen LogP contribution in [0.3, 0.4) is 0 Å². The summed E-state index contributed by atoms with van der Waals surface area (Å²) in [4.78, 5) is 4.55. The Morgan fingerprint density at radius 3 is 2.69 bits per heavy atom. The Kier molecular flexibility index (Phi) is 6.99. The zero-order valence-corrected chi connectivity index (χ0v) is 20.8. The molecule has 0 bridgehead atoms. The standard InChI is InChI=1S/C27H28BNO6S/c1-34-16-20-17-36(32,33)26-15-28(31)35-25(27(20)26)12-10-19(23-8-4-5-13-29-23)14-18-9-11-24(30)22-7-3-2-6-21(18)22/h2-9,11,13-14,25-26,30-31H,10,12,15-17H2,1H3/b19-14-/t25-,26+/m1/s1. The highest BCUT2D eigenvalue weighted by atomic mass is 32.2. The van der Waals surface area contributed by atoms with Crippen LogP contribution in [0, 0.1) is 0 Å². The van der Waals surface area contributed by atoms with E-state index in [9.17, 15) is 18.5 Å². The van der Waals surface area contributed by atoms with Crippen molar-refractivity contribution >= 4 is 39.4 Å². The van der Waals surface area contributed by atoms with Crippen LogP contribution >= 0.6 is 0 Å². The summed E-state index contributed by atoms with van der Waals surface area (Å²) >= 11 is 0. The van der Waals surface area contributed by atoms with E-state index in [2.05, 4.69) is 11.1 Å². The van der Waals surface area contributed by atoms with E-state index in [4.69, 9.17) is 9.39 Å². The first-order valence-corrected chi connectivity index (χ1v) is 13.7. The van der Waals surface area contributed by atoms with E-state index in [1.807, 2.05) is 48.5 Å². The molecule has 1 aromatic heterocycles. The van der Waals surface area contributed by atoms with Gasteiger partial charge in [-0.15, -0.1) is 0 Å². The van der Waals surface area contributed by atoms with Crippen molar-refractivity contribution in [1.29, 1.82) is 0 Å². The molecule has 186 valence electrons. The number of rotatable bonds is 7. The zero-order chi connectivity index (χ0) is 25.3. The molecule has 0 aliphatic carbocycles. The Morgan fingerprint density at radius 1 is 1.17 bits per heavy atom. The topological polar surface area (TPSA) is 106 Å². The molecule has 1 fully saturated rings. The van der Waals surface area contributed by atoms with E-state index >= 15 is 0 Å².